The molecule has 0 aliphatic carbocycles. The molecule has 0 atom stereocenters. The number of rotatable bonds is 1. The number of aryl methyl sites for hydroxylation is 1. The molecule has 1 aromatic heterocycles. The van der Waals surface area contributed by atoms with E-state index in [0.717, 1.165) is 21.2 Å². The van der Waals surface area contributed by atoms with E-state index in [9.17, 15) is 4.39 Å². The fourth-order valence-corrected chi connectivity index (χ4v) is 2.42. The lowest BCUT2D eigenvalue weighted by Crippen LogP contribution is -1.92. The van der Waals surface area contributed by atoms with Crippen molar-refractivity contribution in [2.75, 3.05) is 0 Å². The number of hydrogen-bond acceptors (Lipinski definition) is 1. The molecule has 0 aliphatic rings. The first-order valence-corrected chi connectivity index (χ1v) is 6.01. The van der Waals surface area contributed by atoms with Crippen molar-refractivity contribution in [3.8, 4) is 0 Å². The van der Waals surface area contributed by atoms with Crippen molar-refractivity contribution >= 4 is 45.1 Å². The van der Waals surface area contributed by atoms with Gasteiger partial charge in [0.05, 0.1) is 10.5 Å². The van der Waals surface area contributed by atoms with Gasteiger partial charge in [0, 0.05) is 14.7 Å². The topological polar surface area (TPSA) is 12.9 Å². The van der Waals surface area contributed by atoms with E-state index < -0.39 is 0 Å². The third-order valence-electron chi connectivity index (χ3n) is 2.20. The van der Waals surface area contributed by atoms with Gasteiger partial charge in [-0.05, 0) is 47.2 Å². The first kappa shape index (κ1) is 11.1. The van der Waals surface area contributed by atoms with E-state index in [0.29, 0.717) is 10.4 Å². The van der Waals surface area contributed by atoms with Gasteiger partial charge < -0.3 is 0 Å². The minimum absolute atomic E-state index is 0.278. The van der Waals surface area contributed by atoms with Gasteiger partial charge in [0.25, 0.3) is 0 Å². The molecule has 15 heavy (non-hydrogen) atoms. The summed E-state index contributed by atoms with van der Waals surface area (Å²) in [5.41, 5.74) is 1.71. The molecule has 0 radical (unpaired) electrons. The minimum Gasteiger partial charge on any atom is -0.252 e. The van der Waals surface area contributed by atoms with Crippen LogP contribution in [0.15, 0.2) is 18.2 Å². The Morgan fingerprint density at radius 2 is 2.13 bits per heavy atom. The summed E-state index contributed by atoms with van der Waals surface area (Å²) in [5, 5.41) is 1.24. The quantitative estimate of drug-likeness (QED) is 0.712. The van der Waals surface area contributed by atoms with E-state index in [1.54, 1.807) is 6.07 Å². The summed E-state index contributed by atoms with van der Waals surface area (Å²) >= 11 is 8.15. The van der Waals surface area contributed by atoms with Crippen LogP contribution >= 0.6 is 34.2 Å². The summed E-state index contributed by atoms with van der Waals surface area (Å²) in [5.74, 6) is -0.278. The second kappa shape index (κ2) is 4.22. The summed E-state index contributed by atoms with van der Waals surface area (Å²) in [7, 11) is 0. The van der Waals surface area contributed by atoms with E-state index in [2.05, 4.69) is 27.6 Å². The van der Waals surface area contributed by atoms with E-state index in [4.69, 9.17) is 11.6 Å². The van der Waals surface area contributed by atoms with E-state index >= 15 is 0 Å². The number of nitrogens with zero attached hydrogens (tertiary/aromatic N) is 1. The Kier molecular flexibility index (Phi) is 3.11. The van der Waals surface area contributed by atoms with Crippen LogP contribution in [0.4, 0.5) is 4.39 Å². The first-order chi connectivity index (χ1) is 7.11. The molecule has 0 bridgehead atoms. The number of benzene rings is 1. The Morgan fingerprint density at radius 3 is 2.80 bits per heavy atom. The number of aromatic nitrogens is 1. The Labute approximate surface area is 106 Å². The second-order valence-electron chi connectivity index (χ2n) is 3.23. The van der Waals surface area contributed by atoms with Crippen LogP contribution in [0, 0.1) is 9.39 Å². The molecule has 1 aromatic carbocycles. The van der Waals surface area contributed by atoms with Gasteiger partial charge in [-0.3, -0.25) is 4.98 Å². The first-order valence-electron chi connectivity index (χ1n) is 4.56. The molecule has 1 heterocycles. The van der Waals surface area contributed by atoms with Crippen LogP contribution < -0.4 is 0 Å². The molecule has 1 nitrogen and oxygen atoms in total. The average molecular weight is 336 g/mol. The van der Waals surface area contributed by atoms with Crippen molar-refractivity contribution in [2.24, 2.45) is 0 Å². The molecule has 0 saturated carbocycles. The highest BCUT2D eigenvalue weighted by atomic mass is 127. The van der Waals surface area contributed by atoms with Crippen molar-refractivity contribution in [3.63, 3.8) is 0 Å². The number of fused-ring (bicyclic) bond motifs is 1. The molecule has 2 rings (SSSR count). The highest BCUT2D eigenvalue weighted by Crippen LogP contribution is 2.27. The van der Waals surface area contributed by atoms with Crippen LogP contribution in [0.2, 0.25) is 5.02 Å². The molecule has 4 heteroatoms. The Hall–Kier alpha value is -0.420. The molecule has 0 saturated heterocycles. The van der Waals surface area contributed by atoms with Gasteiger partial charge in [-0.15, -0.1) is 0 Å². The summed E-state index contributed by atoms with van der Waals surface area (Å²) in [4.78, 5) is 4.44. The maximum absolute atomic E-state index is 13.2. The number of pyridine rings is 1. The zero-order valence-electron chi connectivity index (χ0n) is 8.02. The molecular formula is C11H8ClFIN. The zero-order chi connectivity index (χ0) is 11.0. The van der Waals surface area contributed by atoms with Gasteiger partial charge in [0.2, 0.25) is 0 Å². The van der Waals surface area contributed by atoms with Gasteiger partial charge >= 0.3 is 0 Å². The smallest absolute Gasteiger partial charge is 0.125 e. The minimum atomic E-state index is -0.278. The van der Waals surface area contributed by atoms with Gasteiger partial charge in [0.1, 0.15) is 5.82 Å². The standard InChI is InChI=1S/C11H8ClFIN/c1-2-7-5-9(12)8-3-6(13)4-10(14)11(8)15-7/h3-5H,2H2,1H3. The highest BCUT2D eigenvalue weighted by Gasteiger charge is 2.08. The summed E-state index contributed by atoms with van der Waals surface area (Å²) < 4.78 is 14.0. The Bertz CT molecular complexity index is 527. The van der Waals surface area contributed by atoms with Crippen LogP contribution in [0.1, 0.15) is 12.6 Å². The summed E-state index contributed by atoms with van der Waals surface area (Å²) in [6.07, 6.45) is 0.823. The Morgan fingerprint density at radius 1 is 1.40 bits per heavy atom. The van der Waals surface area contributed by atoms with Crippen molar-refractivity contribution in [1.82, 2.24) is 4.98 Å². The lowest BCUT2D eigenvalue weighted by molar-refractivity contribution is 0.628. The van der Waals surface area contributed by atoms with Crippen molar-refractivity contribution in [2.45, 2.75) is 13.3 Å². The monoisotopic (exact) mass is 335 g/mol. The second-order valence-corrected chi connectivity index (χ2v) is 4.80. The van der Waals surface area contributed by atoms with Crippen LogP contribution in [-0.2, 0) is 6.42 Å². The molecule has 2 aromatic rings. The fourth-order valence-electron chi connectivity index (χ4n) is 1.44. The number of halogens is 3. The fraction of sp³-hybridized carbons (Fsp3) is 0.182. The lowest BCUT2D eigenvalue weighted by Gasteiger charge is -2.05. The van der Waals surface area contributed by atoms with Gasteiger partial charge in [0.15, 0.2) is 0 Å². The maximum atomic E-state index is 13.2. The molecule has 78 valence electrons. The van der Waals surface area contributed by atoms with Crippen molar-refractivity contribution in [1.29, 1.82) is 0 Å². The SMILES string of the molecule is CCc1cc(Cl)c2cc(F)cc(I)c2n1. The van der Waals surface area contributed by atoms with Crippen LogP contribution in [0.5, 0.6) is 0 Å². The third kappa shape index (κ3) is 2.08. The van der Waals surface area contributed by atoms with Crippen LogP contribution in [-0.4, -0.2) is 4.98 Å². The van der Waals surface area contributed by atoms with Crippen molar-refractivity contribution < 1.29 is 4.39 Å². The van der Waals surface area contributed by atoms with Crippen molar-refractivity contribution in [3.05, 3.63) is 38.3 Å². The molecular weight excluding hydrogens is 327 g/mol. The van der Waals surface area contributed by atoms with E-state index in [1.165, 1.54) is 12.1 Å². The molecule has 0 fully saturated rings. The molecule has 0 spiro atoms. The van der Waals surface area contributed by atoms with Gasteiger partial charge in [-0.2, -0.15) is 0 Å². The largest absolute Gasteiger partial charge is 0.252 e. The van der Waals surface area contributed by atoms with E-state index in [-0.39, 0.29) is 5.82 Å². The lowest BCUT2D eigenvalue weighted by atomic mass is 10.2. The third-order valence-corrected chi connectivity index (χ3v) is 3.33. The summed E-state index contributed by atoms with van der Waals surface area (Å²) in [6, 6.07) is 4.68. The maximum Gasteiger partial charge on any atom is 0.125 e. The molecule has 0 aliphatic heterocycles. The summed E-state index contributed by atoms with van der Waals surface area (Å²) in [6.45, 7) is 2.01. The predicted octanol–water partition coefficient (Wildman–Crippen LogP) is 4.19. The van der Waals surface area contributed by atoms with E-state index in [1.807, 2.05) is 6.92 Å². The number of hydrogen-bond donors (Lipinski definition) is 0. The van der Waals surface area contributed by atoms with Crippen LogP contribution in [0.25, 0.3) is 10.9 Å². The van der Waals surface area contributed by atoms with Gasteiger partial charge in [-0.1, -0.05) is 18.5 Å². The molecule has 0 N–H and O–H groups in total. The predicted molar refractivity (Wildman–Crippen MR) is 68.8 cm³/mol. The normalized spacial score (nSPS) is 10.9. The molecule has 0 amide bonds. The zero-order valence-corrected chi connectivity index (χ0v) is 10.9. The van der Waals surface area contributed by atoms with Crippen LogP contribution in [0.3, 0.4) is 0 Å². The van der Waals surface area contributed by atoms with Gasteiger partial charge in [-0.25, -0.2) is 4.39 Å². The Balaban J connectivity index is 2.85. The average Bonchev–Trinajstić information content (AvgIpc) is 2.19. The highest BCUT2D eigenvalue weighted by molar-refractivity contribution is 14.1. The molecule has 0 unspecified atom stereocenters.